The highest BCUT2D eigenvalue weighted by Gasteiger charge is 2.38. The second kappa shape index (κ2) is 5.09. The van der Waals surface area contributed by atoms with E-state index in [1.54, 1.807) is 17.1 Å². The standard InChI is InChI=1S/C15H17N3O2/c19-11-15(7-4-8-15)17-14(20)12-9-16-18(10-12)13-5-2-1-3-6-13/h1-3,5-6,9-10,19H,4,7-8,11H2,(H,17,20). The Bertz CT molecular complexity index is 597. The molecule has 1 aromatic carbocycles. The third-order valence-corrected chi connectivity index (χ3v) is 3.86. The van der Waals surface area contributed by atoms with Crippen LogP contribution in [0.4, 0.5) is 0 Å². The molecule has 0 saturated heterocycles. The molecule has 0 bridgehead atoms. The van der Waals surface area contributed by atoms with Gasteiger partial charge in [0.2, 0.25) is 0 Å². The first-order chi connectivity index (χ1) is 9.72. The lowest BCUT2D eigenvalue weighted by atomic mass is 9.77. The molecule has 0 atom stereocenters. The van der Waals surface area contributed by atoms with Gasteiger partial charge in [-0.25, -0.2) is 4.68 Å². The molecule has 2 aromatic rings. The largest absolute Gasteiger partial charge is 0.394 e. The summed E-state index contributed by atoms with van der Waals surface area (Å²) in [7, 11) is 0. The zero-order chi connectivity index (χ0) is 14.0. The fourth-order valence-corrected chi connectivity index (χ4v) is 2.40. The Labute approximate surface area is 117 Å². The molecule has 1 aliphatic rings. The number of hydrogen-bond donors (Lipinski definition) is 2. The van der Waals surface area contributed by atoms with E-state index < -0.39 is 5.54 Å². The fraction of sp³-hybridized carbons (Fsp3) is 0.333. The van der Waals surface area contributed by atoms with Crippen molar-refractivity contribution in [1.82, 2.24) is 15.1 Å². The monoisotopic (exact) mass is 271 g/mol. The number of amides is 1. The van der Waals surface area contributed by atoms with Crippen LogP contribution in [0.1, 0.15) is 29.6 Å². The van der Waals surface area contributed by atoms with Gasteiger partial charge in [0, 0.05) is 6.20 Å². The molecule has 20 heavy (non-hydrogen) atoms. The molecule has 0 aliphatic heterocycles. The van der Waals surface area contributed by atoms with Crippen LogP contribution in [-0.4, -0.2) is 32.9 Å². The molecule has 1 heterocycles. The first-order valence-electron chi connectivity index (χ1n) is 6.76. The van der Waals surface area contributed by atoms with E-state index in [9.17, 15) is 9.90 Å². The number of rotatable bonds is 4. The number of aromatic nitrogens is 2. The molecule has 2 N–H and O–H groups in total. The number of carbonyl (C=O) groups excluding carboxylic acids is 1. The molecule has 0 unspecified atom stereocenters. The Morgan fingerprint density at radius 3 is 2.70 bits per heavy atom. The van der Waals surface area contributed by atoms with Gasteiger partial charge in [-0.1, -0.05) is 18.2 Å². The van der Waals surface area contributed by atoms with Crippen molar-refractivity contribution in [1.29, 1.82) is 0 Å². The summed E-state index contributed by atoms with van der Waals surface area (Å²) in [5.41, 5.74) is 0.993. The van der Waals surface area contributed by atoms with Crippen molar-refractivity contribution in [3.05, 3.63) is 48.3 Å². The van der Waals surface area contributed by atoms with Gasteiger partial charge in [0.25, 0.3) is 5.91 Å². The van der Waals surface area contributed by atoms with Crippen molar-refractivity contribution in [2.75, 3.05) is 6.61 Å². The average molecular weight is 271 g/mol. The summed E-state index contributed by atoms with van der Waals surface area (Å²) in [5.74, 6) is -0.180. The van der Waals surface area contributed by atoms with Crippen LogP contribution in [-0.2, 0) is 0 Å². The lowest BCUT2D eigenvalue weighted by molar-refractivity contribution is 0.0641. The molecular formula is C15H17N3O2. The summed E-state index contributed by atoms with van der Waals surface area (Å²) >= 11 is 0. The molecule has 0 radical (unpaired) electrons. The molecular weight excluding hydrogens is 254 g/mol. The maximum atomic E-state index is 12.2. The molecule has 5 heteroatoms. The Morgan fingerprint density at radius 1 is 1.35 bits per heavy atom. The minimum absolute atomic E-state index is 0.00837. The van der Waals surface area contributed by atoms with Gasteiger partial charge in [-0.2, -0.15) is 5.10 Å². The average Bonchev–Trinajstić information content (AvgIpc) is 2.93. The molecule has 3 rings (SSSR count). The van der Waals surface area contributed by atoms with Gasteiger partial charge in [0.05, 0.1) is 29.6 Å². The number of para-hydroxylation sites is 1. The number of carbonyl (C=O) groups is 1. The van der Waals surface area contributed by atoms with Gasteiger partial charge in [-0.3, -0.25) is 4.79 Å². The van der Waals surface area contributed by atoms with Crippen molar-refractivity contribution in [3.63, 3.8) is 0 Å². The molecule has 1 saturated carbocycles. The van der Waals surface area contributed by atoms with Crippen LogP contribution < -0.4 is 5.32 Å². The summed E-state index contributed by atoms with van der Waals surface area (Å²) in [6.07, 6.45) is 5.97. The molecule has 0 spiro atoms. The van der Waals surface area contributed by atoms with Crippen LogP contribution in [0, 0.1) is 0 Å². The Hall–Kier alpha value is -2.14. The Kier molecular flexibility index (Phi) is 3.28. The van der Waals surface area contributed by atoms with E-state index in [0.29, 0.717) is 5.56 Å². The molecule has 104 valence electrons. The topological polar surface area (TPSA) is 67.2 Å². The van der Waals surface area contributed by atoms with Gasteiger partial charge >= 0.3 is 0 Å². The van der Waals surface area contributed by atoms with Crippen LogP contribution in [0.2, 0.25) is 0 Å². The lowest BCUT2D eigenvalue weighted by Gasteiger charge is -2.40. The quantitative estimate of drug-likeness (QED) is 0.886. The third-order valence-electron chi connectivity index (χ3n) is 3.86. The Balaban J connectivity index is 1.75. The minimum atomic E-state index is -0.425. The summed E-state index contributed by atoms with van der Waals surface area (Å²) in [6, 6.07) is 9.63. The van der Waals surface area contributed by atoms with Crippen molar-refractivity contribution in [2.24, 2.45) is 0 Å². The predicted octanol–water partition coefficient (Wildman–Crippen LogP) is 1.52. The zero-order valence-corrected chi connectivity index (χ0v) is 11.1. The van der Waals surface area contributed by atoms with E-state index in [0.717, 1.165) is 24.9 Å². The maximum absolute atomic E-state index is 12.2. The predicted molar refractivity (Wildman–Crippen MR) is 74.7 cm³/mol. The first-order valence-corrected chi connectivity index (χ1v) is 6.76. The Morgan fingerprint density at radius 2 is 2.10 bits per heavy atom. The van der Waals surface area contributed by atoms with Crippen LogP contribution in [0.5, 0.6) is 0 Å². The van der Waals surface area contributed by atoms with Crippen LogP contribution in [0.15, 0.2) is 42.7 Å². The molecule has 1 amide bonds. The van der Waals surface area contributed by atoms with Gasteiger partial charge in [-0.05, 0) is 31.4 Å². The second-order valence-corrected chi connectivity index (χ2v) is 5.26. The molecule has 1 aliphatic carbocycles. The van der Waals surface area contributed by atoms with E-state index in [2.05, 4.69) is 10.4 Å². The summed E-state index contributed by atoms with van der Waals surface area (Å²) in [5, 5.41) is 16.5. The van der Waals surface area contributed by atoms with Crippen molar-refractivity contribution in [3.8, 4) is 5.69 Å². The number of aliphatic hydroxyl groups excluding tert-OH is 1. The van der Waals surface area contributed by atoms with Crippen molar-refractivity contribution >= 4 is 5.91 Å². The second-order valence-electron chi connectivity index (χ2n) is 5.26. The van der Waals surface area contributed by atoms with Gasteiger partial charge in [0.15, 0.2) is 0 Å². The smallest absolute Gasteiger partial charge is 0.254 e. The molecule has 1 fully saturated rings. The van der Waals surface area contributed by atoms with E-state index in [1.807, 2.05) is 30.3 Å². The number of aliphatic hydroxyl groups is 1. The highest BCUT2D eigenvalue weighted by molar-refractivity contribution is 5.94. The summed E-state index contributed by atoms with van der Waals surface area (Å²) in [6.45, 7) is -0.00837. The fourth-order valence-electron chi connectivity index (χ4n) is 2.40. The van der Waals surface area contributed by atoms with Crippen LogP contribution in [0.3, 0.4) is 0 Å². The normalized spacial score (nSPS) is 16.4. The van der Waals surface area contributed by atoms with Crippen molar-refractivity contribution in [2.45, 2.75) is 24.8 Å². The highest BCUT2D eigenvalue weighted by Crippen LogP contribution is 2.31. The van der Waals surface area contributed by atoms with Gasteiger partial charge in [-0.15, -0.1) is 0 Å². The minimum Gasteiger partial charge on any atom is -0.394 e. The van der Waals surface area contributed by atoms with Gasteiger partial charge < -0.3 is 10.4 Å². The summed E-state index contributed by atoms with van der Waals surface area (Å²) in [4.78, 5) is 12.2. The van der Waals surface area contributed by atoms with E-state index in [4.69, 9.17) is 0 Å². The van der Waals surface area contributed by atoms with E-state index in [1.165, 1.54) is 0 Å². The number of nitrogens with one attached hydrogen (secondary N) is 1. The molecule has 5 nitrogen and oxygen atoms in total. The van der Waals surface area contributed by atoms with E-state index in [-0.39, 0.29) is 12.5 Å². The number of nitrogens with zero attached hydrogens (tertiary/aromatic N) is 2. The van der Waals surface area contributed by atoms with Gasteiger partial charge in [0.1, 0.15) is 0 Å². The van der Waals surface area contributed by atoms with Crippen LogP contribution >= 0.6 is 0 Å². The zero-order valence-electron chi connectivity index (χ0n) is 11.1. The first kappa shape index (κ1) is 12.9. The van der Waals surface area contributed by atoms with Crippen LogP contribution in [0.25, 0.3) is 5.69 Å². The summed E-state index contributed by atoms with van der Waals surface area (Å²) < 4.78 is 1.67. The number of benzene rings is 1. The third kappa shape index (κ3) is 2.32. The lowest BCUT2D eigenvalue weighted by Crippen LogP contribution is -2.56. The van der Waals surface area contributed by atoms with Crippen molar-refractivity contribution < 1.29 is 9.90 Å². The number of hydrogen-bond acceptors (Lipinski definition) is 3. The SMILES string of the molecule is O=C(NC1(CO)CCC1)c1cnn(-c2ccccc2)c1. The molecule has 1 aromatic heterocycles. The maximum Gasteiger partial charge on any atom is 0.254 e. The highest BCUT2D eigenvalue weighted by atomic mass is 16.3. The van der Waals surface area contributed by atoms with E-state index >= 15 is 0 Å².